The Kier molecular flexibility index (Phi) is 4.21. The van der Waals surface area contributed by atoms with Crippen LogP contribution in [0.2, 0.25) is 0 Å². The monoisotopic (exact) mass is 263 g/mol. The average molecular weight is 263 g/mol. The van der Waals surface area contributed by atoms with Crippen LogP contribution in [-0.2, 0) is 0 Å². The lowest BCUT2D eigenvalue weighted by Gasteiger charge is -2.13. The summed E-state index contributed by atoms with van der Waals surface area (Å²) in [5, 5.41) is 21.3. The second-order valence-corrected chi connectivity index (χ2v) is 4.17. The Balaban J connectivity index is 2.20. The summed E-state index contributed by atoms with van der Waals surface area (Å²) in [6.45, 7) is 0. The van der Waals surface area contributed by atoms with E-state index in [-0.39, 0.29) is 0 Å². The highest BCUT2D eigenvalue weighted by molar-refractivity contribution is 5.50. The lowest BCUT2D eigenvalue weighted by atomic mass is 10.0. The number of methoxy groups -OCH3 is 1. The quantitative estimate of drug-likeness (QED) is 0.919. The Morgan fingerprint density at radius 2 is 1.85 bits per heavy atom. The molecule has 1 atom stereocenters. The van der Waals surface area contributed by atoms with Gasteiger partial charge in [0.1, 0.15) is 11.8 Å². The number of nitrogens with one attached hydrogen (secondary N) is 1. The van der Waals surface area contributed by atoms with Gasteiger partial charge >= 0.3 is 0 Å². The lowest BCUT2D eigenvalue weighted by Crippen LogP contribution is -2.08. The van der Waals surface area contributed by atoms with Crippen molar-refractivity contribution < 1.29 is 4.74 Å². The van der Waals surface area contributed by atoms with Crippen LogP contribution in [0.25, 0.3) is 0 Å². The molecule has 1 N–H and O–H groups in total. The number of anilines is 1. The molecule has 0 bridgehead atoms. The SMILES string of the molecule is COc1ccc(NC(C#N)c2cccc(C#N)c2)cc1. The van der Waals surface area contributed by atoms with E-state index in [1.165, 1.54) is 0 Å². The molecule has 0 saturated carbocycles. The van der Waals surface area contributed by atoms with E-state index in [9.17, 15) is 5.26 Å². The molecule has 0 amide bonds. The van der Waals surface area contributed by atoms with Crippen molar-refractivity contribution in [2.75, 3.05) is 12.4 Å². The summed E-state index contributed by atoms with van der Waals surface area (Å²) in [7, 11) is 1.61. The molecule has 0 heterocycles. The molecule has 2 aromatic rings. The minimum absolute atomic E-state index is 0.503. The molecule has 98 valence electrons. The first-order valence-electron chi connectivity index (χ1n) is 6.07. The van der Waals surface area contributed by atoms with Gasteiger partial charge in [0, 0.05) is 5.69 Å². The largest absolute Gasteiger partial charge is 0.497 e. The zero-order valence-electron chi connectivity index (χ0n) is 11.0. The zero-order chi connectivity index (χ0) is 14.4. The van der Waals surface area contributed by atoms with E-state index in [2.05, 4.69) is 17.5 Å². The fourth-order valence-electron chi connectivity index (χ4n) is 1.83. The van der Waals surface area contributed by atoms with Crippen LogP contribution in [0, 0.1) is 22.7 Å². The van der Waals surface area contributed by atoms with E-state index >= 15 is 0 Å². The number of hydrogen-bond donors (Lipinski definition) is 1. The fourth-order valence-corrected chi connectivity index (χ4v) is 1.83. The summed E-state index contributed by atoms with van der Waals surface area (Å²) < 4.78 is 5.09. The smallest absolute Gasteiger partial charge is 0.140 e. The topological polar surface area (TPSA) is 68.8 Å². The highest BCUT2D eigenvalue weighted by Gasteiger charge is 2.10. The maximum atomic E-state index is 9.29. The van der Waals surface area contributed by atoms with Gasteiger partial charge in [0.15, 0.2) is 0 Å². The molecular weight excluding hydrogens is 250 g/mol. The minimum atomic E-state index is -0.503. The van der Waals surface area contributed by atoms with E-state index in [1.54, 1.807) is 25.3 Å². The van der Waals surface area contributed by atoms with E-state index < -0.39 is 6.04 Å². The average Bonchev–Trinajstić information content (AvgIpc) is 2.53. The third kappa shape index (κ3) is 3.07. The second-order valence-electron chi connectivity index (χ2n) is 4.17. The number of ether oxygens (including phenoxy) is 1. The van der Waals surface area contributed by atoms with Crippen LogP contribution >= 0.6 is 0 Å². The molecule has 4 nitrogen and oxygen atoms in total. The molecule has 0 saturated heterocycles. The maximum Gasteiger partial charge on any atom is 0.140 e. The van der Waals surface area contributed by atoms with Crippen molar-refractivity contribution in [2.45, 2.75) is 6.04 Å². The maximum absolute atomic E-state index is 9.29. The number of rotatable bonds is 4. The number of nitriles is 2. The summed E-state index contributed by atoms with van der Waals surface area (Å²) in [6, 6.07) is 18.1. The Hall–Kier alpha value is -2.98. The molecule has 20 heavy (non-hydrogen) atoms. The molecule has 4 heteroatoms. The molecule has 0 aliphatic rings. The van der Waals surface area contributed by atoms with E-state index in [4.69, 9.17) is 10.00 Å². The van der Waals surface area contributed by atoms with Crippen LogP contribution in [-0.4, -0.2) is 7.11 Å². The van der Waals surface area contributed by atoms with Gasteiger partial charge in [-0.2, -0.15) is 10.5 Å². The van der Waals surface area contributed by atoms with Crippen LogP contribution in [0.3, 0.4) is 0 Å². The van der Waals surface area contributed by atoms with Crippen molar-refractivity contribution in [1.29, 1.82) is 10.5 Å². The number of hydrogen-bond acceptors (Lipinski definition) is 4. The van der Waals surface area contributed by atoms with E-state index in [0.717, 1.165) is 17.0 Å². The highest BCUT2D eigenvalue weighted by Crippen LogP contribution is 2.22. The van der Waals surface area contributed by atoms with Crippen molar-refractivity contribution in [2.24, 2.45) is 0 Å². The molecule has 0 aliphatic carbocycles. The number of nitrogens with zero attached hydrogens (tertiary/aromatic N) is 2. The van der Waals surface area contributed by atoms with Crippen molar-refractivity contribution >= 4 is 5.69 Å². The third-order valence-electron chi connectivity index (χ3n) is 2.88. The Labute approximate surface area is 117 Å². The predicted octanol–water partition coefficient (Wildman–Crippen LogP) is 3.24. The van der Waals surface area contributed by atoms with Gasteiger partial charge in [-0.3, -0.25) is 0 Å². The summed E-state index contributed by atoms with van der Waals surface area (Å²) in [5.41, 5.74) is 2.13. The standard InChI is InChI=1S/C16H13N3O/c1-20-15-7-5-14(6-8-15)19-16(11-18)13-4-2-3-12(9-13)10-17/h2-9,16,19H,1H3. The summed E-state index contributed by atoms with van der Waals surface area (Å²) >= 11 is 0. The van der Waals surface area contributed by atoms with E-state index in [1.807, 2.05) is 30.3 Å². The van der Waals surface area contributed by atoms with Crippen LogP contribution in [0.1, 0.15) is 17.2 Å². The first kappa shape index (κ1) is 13.5. The summed E-state index contributed by atoms with van der Waals surface area (Å²) in [5.74, 6) is 0.760. The molecular formula is C16H13N3O. The highest BCUT2D eigenvalue weighted by atomic mass is 16.5. The summed E-state index contributed by atoms with van der Waals surface area (Å²) in [4.78, 5) is 0. The molecule has 2 aromatic carbocycles. The van der Waals surface area contributed by atoms with Crippen molar-refractivity contribution in [3.8, 4) is 17.9 Å². The van der Waals surface area contributed by atoms with Gasteiger partial charge in [-0.15, -0.1) is 0 Å². The first-order chi connectivity index (χ1) is 9.76. The van der Waals surface area contributed by atoms with E-state index in [0.29, 0.717) is 5.56 Å². The molecule has 0 spiro atoms. The zero-order valence-corrected chi connectivity index (χ0v) is 11.0. The molecule has 0 radical (unpaired) electrons. The fraction of sp³-hybridized carbons (Fsp3) is 0.125. The van der Waals surface area contributed by atoms with Crippen molar-refractivity contribution in [3.63, 3.8) is 0 Å². The van der Waals surface area contributed by atoms with Crippen molar-refractivity contribution in [1.82, 2.24) is 0 Å². The number of benzene rings is 2. The van der Waals surface area contributed by atoms with Gasteiger partial charge in [0.05, 0.1) is 24.8 Å². The van der Waals surface area contributed by atoms with Crippen LogP contribution in [0.15, 0.2) is 48.5 Å². The van der Waals surface area contributed by atoms with Crippen molar-refractivity contribution in [3.05, 3.63) is 59.7 Å². The molecule has 2 rings (SSSR count). The molecule has 0 aromatic heterocycles. The second kappa shape index (κ2) is 6.26. The normalized spacial score (nSPS) is 10.9. The van der Waals surface area contributed by atoms with Crippen LogP contribution in [0.4, 0.5) is 5.69 Å². The van der Waals surface area contributed by atoms with Crippen LogP contribution < -0.4 is 10.1 Å². The van der Waals surface area contributed by atoms with Gasteiger partial charge in [0.2, 0.25) is 0 Å². The van der Waals surface area contributed by atoms with Gasteiger partial charge in [0.25, 0.3) is 0 Å². The Morgan fingerprint density at radius 1 is 1.10 bits per heavy atom. The first-order valence-corrected chi connectivity index (χ1v) is 6.07. The lowest BCUT2D eigenvalue weighted by molar-refractivity contribution is 0.415. The summed E-state index contributed by atoms with van der Waals surface area (Å²) in [6.07, 6.45) is 0. The van der Waals surface area contributed by atoms with Gasteiger partial charge in [-0.25, -0.2) is 0 Å². The van der Waals surface area contributed by atoms with Gasteiger partial charge in [-0.05, 0) is 42.0 Å². The van der Waals surface area contributed by atoms with Gasteiger partial charge < -0.3 is 10.1 Å². The molecule has 0 fully saturated rings. The Bertz CT molecular complexity index is 665. The predicted molar refractivity (Wildman–Crippen MR) is 76.1 cm³/mol. The molecule has 0 aliphatic heterocycles. The van der Waals surface area contributed by atoms with Gasteiger partial charge in [-0.1, -0.05) is 12.1 Å². The van der Waals surface area contributed by atoms with Crippen LogP contribution in [0.5, 0.6) is 5.75 Å². The minimum Gasteiger partial charge on any atom is -0.497 e. The third-order valence-corrected chi connectivity index (χ3v) is 2.88. The Morgan fingerprint density at radius 3 is 2.45 bits per heavy atom. The molecule has 1 unspecified atom stereocenters.